The number of likely N-dealkylation sites (N-methyl/N-ethyl adjacent to an activating group) is 1. The van der Waals surface area contributed by atoms with Crippen LogP contribution in [0.25, 0.3) is 5.69 Å². The zero-order valence-electron chi connectivity index (χ0n) is 20.1. The van der Waals surface area contributed by atoms with Crippen molar-refractivity contribution < 1.29 is 0 Å². The summed E-state index contributed by atoms with van der Waals surface area (Å²) in [5, 5.41) is 20.0. The number of nitrogens with zero attached hydrogens (tertiary/aromatic N) is 7. The first kappa shape index (κ1) is 23.0. The molecule has 1 atom stereocenters. The van der Waals surface area contributed by atoms with Crippen LogP contribution < -0.4 is 10.6 Å². The number of aliphatic imine (C=N–C) groups is 1. The summed E-state index contributed by atoms with van der Waals surface area (Å²) in [4.78, 5) is 7.46. The Morgan fingerprint density at radius 1 is 1.15 bits per heavy atom. The fraction of sp³-hybridized carbons (Fsp3) is 0.500. The normalized spacial score (nSPS) is 17.0. The molecule has 1 aromatic carbocycles. The fourth-order valence-electron chi connectivity index (χ4n) is 4.28. The Morgan fingerprint density at radius 2 is 2.00 bits per heavy atom. The highest BCUT2D eigenvalue weighted by atomic mass is 15.3. The fourth-order valence-corrected chi connectivity index (χ4v) is 4.28. The molecule has 1 aliphatic heterocycles. The molecule has 1 saturated heterocycles. The van der Waals surface area contributed by atoms with Gasteiger partial charge in [0.1, 0.15) is 5.82 Å². The van der Waals surface area contributed by atoms with Crippen molar-refractivity contribution in [2.75, 3.05) is 19.6 Å². The lowest BCUT2D eigenvalue weighted by molar-refractivity contribution is 0.267. The predicted octanol–water partition coefficient (Wildman–Crippen LogP) is 2.34. The maximum atomic E-state index is 4.93. The minimum Gasteiger partial charge on any atom is -0.355 e. The standard InChI is InChI=1S/C24H35N9/c1-5-32-13-8-10-21(32)16-26-24(27-17-23-29-28-19(3)31(23)4)25-15-20-9-6-7-11-22(20)33-14-12-18(2)30-33/h6-7,9,11-12,14,21H,5,8,10,13,15-17H2,1-4H3,(H2,25,26,27). The summed E-state index contributed by atoms with van der Waals surface area (Å²) in [5.41, 5.74) is 3.16. The highest BCUT2D eigenvalue weighted by Crippen LogP contribution is 2.17. The monoisotopic (exact) mass is 449 g/mol. The Labute approximate surface area is 195 Å². The molecule has 2 aromatic heterocycles. The SMILES string of the molecule is CCN1CCCC1CNC(=NCc1ccccc1-n1ccc(C)n1)NCc1nnc(C)n1C. The van der Waals surface area contributed by atoms with Crippen LogP contribution in [0, 0.1) is 13.8 Å². The van der Waals surface area contributed by atoms with Gasteiger partial charge in [0.15, 0.2) is 11.8 Å². The van der Waals surface area contributed by atoms with Gasteiger partial charge in [0.2, 0.25) is 0 Å². The molecule has 9 heteroatoms. The van der Waals surface area contributed by atoms with E-state index in [0.29, 0.717) is 19.1 Å². The molecule has 0 aliphatic carbocycles. The second-order valence-corrected chi connectivity index (χ2v) is 8.58. The summed E-state index contributed by atoms with van der Waals surface area (Å²) in [5.74, 6) is 2.56. The summed E-state index contributed by atoms with van der Waals surface area (Å²) < 4.78 is 3.91. The van der Waals surface area contributed by atoms with E-state index < -0.39 is 0 Å². The van der Waals surface area contributed by atoms with Gasteiger partial charge in [0.25, 0.3) is 0 Å². The van der Waals surface area contributed by atoms with Gasteiger partial charge in [-0.25, -0.2) is 9.67 Å². The van der Waals surface area contributed by atoms with Crippen molar-refractivity contribution in [3.8, 4) is 5.69 Å². The van der Waals surface area contributed by atoms with Crippen LogP contribution in [0.4, 0.5) is 0 Å². The molecule has 9 nitrogen and oxygen atoms in total. The van der Waals surface area contributed by atoms with Crippen LogP contribution in [0.3, 0.4) is 0 Å². The number of likely N-dealkylation sites (tertiary alicyclic amines) is 1. The number of aromatic nitrogens is 5. The predicted molar refractivity (Wildman–Crippen MR) is 130 cm³/mol. The lowest BCUT2D eigenvalue weighted by Gasteiger charge is -2.24. The second-order valence-electron chi connectivity index (χ2n) is 8.58. The number of hydrogen-bond donors (Lipinski definition) is 2. The molecule has 0 radical (unpaired) electrons. The number of benzene rings is 1. The van der Waals surface area contributed by atoms with Gasteiger partial charge in [-0.15, -0.1) is 10.2 Å². The largest absolute Gasteiger partial charge is 0.355 e. The van der Waals surface area contributed by atoms with Gasteiger partial charge < -0.3 is 15.2 Å². The van der Waals surface area contributed by atoms with E-state index in [1.54, 1.807) is 0 Å². The van der Waals surface area contributed by atoms with Crippen LogP contribution in [-0.2, 0) is 20.1 Å². The number of guanidine groups is 1. The first-order valence-electron chi connectivity index (χ1n) is 11.8. The van der Waals surface area contributed by atoms with Crippen LogP contribution in [-0.4, -0.2) is 61.1 Å². The summed E-state index contributed by atoms with van der Waals surface area (Å²) in [6, 6.07) is 10.8. The minimum absolute atomic E-state index is 0.540. The van der Waals surface area contributed by atoms with Gasteiger partial charge in [-0.1, -0.05) is 25.1 Å². The molecular formula is C24H35N9. The van der Waals surface area contributed by atoms with Crippen molar-refractivity contribution in [2.45, 2.75) is 52.7 Å². The topological polar surface area (TPSA) is 88.2 Å². The lowest BCUT2D eigenvalue weighted by atomic mass is 10.2. The summed E-state index contributed by atoms with van der Waals surface area (Å²) >= 11 is 0. The number of hydrogen-bond acceptors (Lipinski definition) is 5. The Morgan fingerprint density at radius 3 is 2.73 bits per heavy atom. The van der Waals surface area contributed by atoms with Crippen molar-refractivity contribution in [2.24, 2.45) is 12.0 Å². The molecule has 1 aliphatic rings. The lowest BCUT2D eigenvalue weighted by Crippen LogP contribution is -2.44. The molecule has 3 heterocycles. The molecule has 1 unspecified atom stereocenters. The summed E-state index contributed by atoms with van der Waals surface area (Å²) in [7, 11) is 1.98. The Balaban J connectivity index is 1.50. The van der Waals surface area contributed by atoms with E-state index in [4.69, 9.17) is 4.99 Å². The Bertz CT molecular complexity index is 1080. The van der Waals surface area contributed by atoms with Gasteiger partial charge in [0, 0.05) is 25.8 Å². The van der Waals surface area contributed by atoms with E-state index in [1.165, 1.54) is 19.4 Å². The Hall–Kier alpha value is -3.20. The number of nitrogens with one attached hydrogen (secondary N) is 2. The molecule has 4 rings (SSSR count). The van der Waals surface area contributed by atoms with Crippen LogP contribution in [0.2, 0.25) is 0 Å². The highest BCUT2D eigenvalue weighted by Gasteiger charge is 2.23. The average Bonchev–Trinajstić information content (AvgIpc) is 3.55. The molecule has 33 heavy (non-hydrogen) atoms. The zero-order valence-corrected chi connectivity index (χ0v) is 20.1. The molecule has 0 bridgehead atoms. The van der Waals surface area contributed by atoms with Crippen molar-refractivity contribution in [1.82, 2.24) is 40.1 Å². The third-order valence-corrected chi connectivity index (χ3v) is 6.38. The molecule has 176 valence electrons. The zero-order chi connectivity index (χ0) is 23.2. The molecule has 0 saturated carbocycles. The van der Waals surface area contributed by atoms with Gasteiger partial charge in [-0.2, -0.15) is 5.10 Å². The quantitative estimate of drug-likeness (QED) is 0.405. The van der Waals surface area contributed by atoms with Gasteiger partial charge in [-0.3, -0.25) is 4.90 Å². The van der Waals surface area contributed by atoms with Crippen LogP contribution in [0.1, 0.15) is 42.7 Å². The van der Waals surface area contributed by atoms with E-state index in [1.807, 2.05) is 54.5 Å². The first-order chi connectivity index (χ1) is 16.0. The van der Waals surface area contributed by atoms with Gasteiger partial charge >= 0.3 is 0 Å². The molecule has 0 spiro atoms. The summed E-state index contributed by atoms with van der Waals surface area (Å²) in [6.45, 7) is 10.4. The van der Waals surface area contributed by atoms with Crippen molar-refractivity contribution in [3.05, 3.63) is 59.4 Å². The Kier molecular flexibility index (Phi) is 7.39. The van der Waals surface area contributed by atoms with Crippen LogP contribution in [0.5, 0.6) is 0 Å². The molecule has 2 N–H and O–H groups in total. The van der Waals surface area contributed by atoms with E-state index >= 15 is 0 Å². The average molecular weight is 450 g/mol. The summed E-state index contributed by atoms with van der Waals surface area (Å²) in [6.07, 6.45) is 4.47. The van der Waals surface area contributed by atoms with E-state index in [9.17, 15) is 0 Å². The maximum Gasteiger partial charge on any atom is 0.192 e. The molecule has 1 fully saturated rings. The van der Waals surface area contributed by atoms with Gasteiger partial charge in [-0.05, 0) is 57.5 Å². The molecule has 3 aromatic rings. The maximum absolute atomic E-state index is 4.93. The van der Waals surface area contributed by atoms with Crippen molar-refractivity contribution in [3.63, 3.8) is 0 Å². The molecule has 0 amide bonds. The van der Waals surface area contributed by atoms with Crippen molar-refractivity contribution in [1.29, 1.82) is 0 Å². The van der Waals surface area contributed by atoms with E-state index in [-0.39, 0.29) is 0 Å². The molecular weight excluding hydrogens is 414 g/mol. The second kappa shape index (κ2) is 10.6. The van der Waals surface area contributed by atoms with Gasteiger partial charge in [0.05, 0.1) is 24.5 Å². The van der Waals surface area contributed by atoms with Crippen molar-refractivity contribution >= 4 is 5.96 Å². The third-order valence-electron chi connectivity index (χ3n) is 6.38. The van der Waals surface area contributed by atoms with Crippen LogP contribution >= 0.6 is 0 Å². The van der Waals surface area contributed by atoms with E-state index in [2.05, 4.69) is 49.9 Å². The number of para-hydroxylation sites is 1. The first-order valence-corrected chi connectivity index (χ1v) is 11.8. The highest BCUT2D eigenvalue weighted by molar-refractivity contribution is 5.79. The number of aryl methyl sites for hydroxylation is 2. The number of rotatable bonds is 8. The minimum atomic E-state index is 0.540. The smallest absolute Gasteiger partial charge is 0.192 e. The van der Waals surface area contributed by atoms with Crippen LogP contribution in [0.15, 0.2) is 41.5 Å². The third kappa shape index (κ3) is 5.60. The van der Waals surface area contributed by atoms with E-state index in [0.717, 1.165) is 47.6 Å².